The van der Waals surface area contributed by atoms with Crippen LogP contribution in [0.3, 0.4) is 0 Å². The minimum Gasteiger partial charge on any atom is -0.307 e. The molecule has 0 bridgehead atoms. The molecule has 0 saturated carbocycles. The zero-order chi connectivity index (χ0) is 49.5. The molecule has 0 radical (unpaired) electrons. The van der Waals surface area contributed by atoms with Crippen LogP contribution in [0.2, 0.25) is 0 Å². The lowest BCUT2D eigenvalue weighted by atomic mass is 9.98. The molecular weight excluding hydrogens is 873 g/mol. The van der Waals surface area contributed by atoms with Crippen molar-refractivity contribution < 1.29 is 0 Å². The van der Waals surface area contributed by atoms with Gasteiger partial charge in [-0.2, -0.15) is 0 Å². The zero-order valence-corrected chi connectivity index (χ0v) is 42.1. The van der Waals surface area contributed by atoms with Crippen molar-refractivity contribution in [3.63, 3.8) is 0 Å². The molecule has 3 aromatic heterocycles. The molecule has 0 spiro atoms. The number of rotatable bonds is 7. The summed E-state index contributed by atoms with van der Waals surface area (Å²) in [5.74, 6) is 0.774. The molecule has 0 amide bonds. The molecule has 4 nitrogen and oxygen atoms in total. The van der Waals surface area contributed by atoms with Crippen molar-refractivity contribution in [1.29, 1.82) is 0 Å². The van der Waals surface area contributed by atoms with Gasteiger partial charge < -0.3 is 4.57 Å². The van der Waals surface area contributed by atoms with E-state index in [1.54, 1.807) is 0 Å². The lowest BCUT2D eigenvalue weighted by molar-refractivity contribution is 1.06. The predicted octanol–water partition coefficient (Wildman–Crippen LogP) is 18.6. The lowest BCUT2D eigenvalue weighted by Gasteiger charge is -2.18. The van der Waals surface area contributed by atoms with Gasteiger partial charge in [0.2, 0.25) is 0 Å². The molecule has 0 unspecified atom stereocenters. The van der Waals surface area contributed by atoms with Crippen LogP contribution in [0, 0.1) is 62.0 Å². The Labute approximate surface area is 422 Å². The summed E-state index contributed by atoms with van der Waals surface area (Å²) >= 11 is 0. The molecule has 0 saturated heterocycles. The van der Waals surface area contributed by atoms with Crippen LogP contribution in [-0.4, -0.2) is 14.1 Å². The van der Waals surface area contributed by atoms with Crippen molar-refractivity contribution >= 4 is 49.3 Å². The van der Waals surface area contributed by atoms with Crippen LogP contribution < -0.4 is 0 Å². The Hall–Kier alpha value is -8.78. The number of fused-ring (bicyclic) bond motifs is 6. The standard InChI is InChI=1S/C68H54N4/c1-40-22-41(2)27-52(26-40)48-14-18-57-58-19-15-49(53-28-42(3)23-43(4)29-53)35-64(58)71(63(57)34-48)67-39-70-68(38-61(67)56-12-10-11-13-62(56)69-9)72-65-36-50(54-30-44(5)24-45(6)31-54)16-20-59(65)60-21-17-51(37-66(60)72)55-32-46(7)25-47(8)33-55/h10-39H,1-8H3. The average Bonchev–Trinajstić information content (AvgIpc) is 3.86. The first-order valence-electron chi connectivity index (χ1n) is 24.8. The number of benzene rings is 9. The number of nitrogens with zero attached hydrogens (tertiary/aromatic N) is 4. The molecule has 346 valence electrons. The maximum Gasteiger partial charge on any atom is 0.194 e. The Morgan fingerprint density at radius 1 is 0.333 bits per heavy atom. The average molecular weight is 927 g/mol. The first-order valence-corrected chi connectivity index (χ1v) is 24.8. The Bertz CT molecular complexity index is 3970. The summed E-state index contributed by atoms with van der Waals surface area (Å²) in [6.45, 7) is 25.9. The van der Waals surface area contributed by atoms with Gasteiger partial charge in [-0.3, -0.25) is 4.57 Å². The largest absolute Gasteiger partial charge is 0.307 e. The van der Waals surface area contributed by atoms with E-state index in [2.05, 4.69) is 233 Å². The Morgan fingerprint density at radius 2 is 0.667 bits per heavy atom. The van der Waals surface area contributed by atoms with Crippen molar-refractivity contribution in [2.45, 2.75) is 55.4 Å². The summed E-state index contributed by atoms with van der Waals surface area (Å²) in [6, 6.07) is 64.9. The Kier molecular flexibility index (Phi) is 10.7. The van der Waals surface area contributed by atoms with E-state index in [0.29, 0.717) is 5.69 Å². The maximum atomic E-state index is 8.53. The number of pyridine rings is 1. The van der Waals surface area contributed by atoms with Crippen molar-refractivity contribution in [3.05, 3.63) is 238 Å². The molecule has 9 aromatic carbocycles. The molecule has 12 aromatic rings. The summed E-state index contributed by atoms with van der Waals surface area (Å²) in [6.07, 6.45) is 2.05. The SMILES string of the molecule is [C-]#[N+]c1ccccc1-c1cc(-n2c3cc(-c4cc(C)cc(C)c4)ccc3c3ccc(-c4cc(C)cc(C)c4)cc32)ncc1-n1c2cc(-c3cc(C)cc(C)c3)ccc2c2ccc(-c3cc(C)cc(C)c3)cc21. The van der Waals surface area contributed by atoms with Crippen molar-refractivity contribution in [1.82, 2.24) is 14.1 Å². The summed E-state index contributed by atoms with van der Waals surface area (Å²) in [5.41, 5.74) is 26.7. The van der Waals surface area contributed by atoms with Gasteiger partial charge in [0.25, 0.3) is 0 Å². The van der Waals surface area contributed by atoms with Gasteiger partial charge in [0.1, 0.15) is 5.82 Å². The van der Waals surface area contributed by atoms with E-state index in [1.165, 1.54) is 66.8 Å². The van der Waals surface area contributed by atoms with E-state index in [1.807, 2.05) is 18.2 Å². The number of hydrogen-bond donors (Lipinski definition) is 0. The molecule has 0 aliphatic carbocycles. The Balaban J connectivity index is 1.18. The molecule has 0 atom stereocenters. The van der Waals surface area contributed by atoms with Gasteiger partial charge in [-0.1, -0.05) is 190 Å². The van der Waals surface area contributed by atoms with Gasteiger partial charge in [0, 0.05) is 27.1 Å². The minimum atomic E-state index is 0.583. The summed E-state index contributed by atoms with van der Waals surface area (Å²) < 4.78 is 4.75. The molecule has 72 heavy (non-hydrogen) atoms. The highest BCUT2D eigenvalue weighted by atomic mass is 15.1. The third-order valence-electron chi connectivity index (χ3n) is 14.4. The smallest absolute Gasteiger partial charge is 0.194 e. The molecule has 12 rings (SSSR count). The molecule has 3 heterocycles. The van der Waals surface area contributed by atoms with Crippen LogP contribution in [0.15, 0.2) is 182 Å². The van der Waals surface area contributed by atoms with Crippen molar-refractivity contribution in [2.24, 2.45) is 0 Å². The minimum absolute atomic E-state index is 0.583. The molecular formula is C68H54N4. The first kappa shape index (κ1) is 44.4. The lowest BCUT2D eigenvalue weighted by Crippen LogP contribution is -2.04. The summed E-state index contributed by atoms with van der Waals surface area (Å²) in [5, 5.41) is 4.61. The second-order valence-corrected chi connectivity index (χ2v) is 20.3. The van der Waals surface area contributed by atoms with Crippen molar-refractivity contribution in [3.8, 4) is 67.1 Å². The predicted molar refractivity (Wildman–Crippen MR) is 304 cm³/mol. The van der Waals surface area contributed by atoms with Crippen molar-refractivity contribution in [2.75, 3.05) is 0 Å². The van der Waals surface area contributed by atoms with Gasteiger partial charge in [0.15, 0.2) is 5.69 Å². The second kappa shape index (κ2) is 17.3. The fraction of sp³-hybridized carbons (Fsp3) is 0.118. The summed E-state index contributed by atoms with van der Waals surface area (Å²) in [7, 11) is 0. The van der Waals surface area contributed by atoms with E-state index >= 15 is 0 Å². The number of hydrogen-bond acceptors (Lipinski definition) is 1. The van der Waals surface area contributed by atoms with Gasteiger partial charge in [-0.05, 0) is 136 Å². The zero-order valence-electron chi connectivity index (χ0n) is 42.1. The third-order valence-corrected chi connectivity index (χ3v) is 14.4. The van der Waals surface area contributed by atoms with E-state index in [0.717, 1.165) is 88.5 Å². The molecule has 0 N–H and O–H groups in total. The van der Waals surface area contributed by atoms with Crippen LogP contribution >= 0.6 is 0 Å². The number of aromatic nitrogens is 3. The van der Waals surface area contributed by atoms with Gasteiger partial charge >= 0.3 is 0 Å². The van der Waals surface area contributed by atoms with Crippen LogP contribution in [0.4, 0.5) is 5.69 Å². The van der Waals surface area contributed by atoms with Crippen LogP contribution in [0.5, 0.6) is 0 Å². The fourth-order valence-corrected chi connectivity index (χ4v) is 11.6. The normalized spacial score (nSPS) is 11.6. The topological polar surface area (TPSA) is 27.1 Å². The highest BCUT2D eigenvalue weighted by molar-refractivity contribution is 6.13. The van der Waals surface area contributed by atoms with Crippen LogP contribution in [0.1, 0.15) is 44.5 Å². The molecule has 4 heteroatoms. The monoisotopic (exact) mass is 926 g/mol. The summed E-state index contributed by atoms with van der Waals surface area (Å²) in [4.78, 5) is 9.73. The quantitative estimate of drug-likeness (QED) is 0.146. The number of aryl methyl sites for hydroxylation is 8. The third kappa shape index (κ3) is 7.75. The van der Waals surface area contributed by atoms with Gasteiger partial charge in [-0.15, -0.1) is 0 Å². The van der Waals surface area contributed by atoms with E-state index in [9.17, 15) is 0 Å². The molecule has 0 aliphatic heterocycles. The highest BCUT2D eigenvalue weighted by Gasteiger charge is 2.23. The fourth-order valence-electron chi connectivity index (χ4n) is 11.6. The van der Waals surface area contributed by atoms with Gasteiger partial charge in [-0.25, -0.2) is 9.83 Å². The highest BCUT2D eigenvalue weighted by Crippen LogP contribution is 2.44. The van der Waals surface area contributed by atoms with Crippen LogP contribution in [0.25, 0.3) is 116 Å². The van der Waals surface area contributed by atoms with Gasteiger partial charge in [0.05, 0.1) is 40.5 Å². The second-order valence-electron chi connectivity index (χ2n) is 20.3. The number of para-hydroxylation sites is 1. The van der Waals surface area contributed by atoms with E-state index in [4.69, 9.17) is 11.6 Å². The molecule has 0 fully saturated rings. The Morgan fingerprint density at radius 3 is 1.01 bits per heavy atom. The first-order chi connectivity index (χ1) is 34.8. The van der Waals surface area contributed by atoms with E-state index < -0.39 is 0 Å². The van der Waals surface area contributed by atoms with E-state index in [-0.39, 0.29) is 0 Å². The maximum absolute atomic E-state index is 8.53. The van der Waals surface area contributed by atoms with Crippen LogP contribution in [-0.2, 0) is 0 Å². The molecule has 0 aliphatic rings.